The minimum absolute atomic E-state index is 0.0932. The summed E-state index contributed by atoms with van der Waals surface area (Å²) < 4.78 is 5.89. The molecule has 1 saturated carbocycles. The number of piperazine rings is 1. The van der Waals surface area contributed by atoms with Gasteiger partial charge in [0.15, 0.2) is 0 Å². The Morgan fingerprint density at radius 2 is 1.76 bits per heavy atom. The molecular weight excluding hydrogens is 411 g/mol. The Labute approximate surface area is 180 Å². The Bertz CT molecular complexity index is 919. The maximum atomic E-state index is 12.7. The van der Waals surface area contributed by atoms with Crippen molar-refractivity contribution in [3.63, 3.8) is 0 Å². The van der Waals surface area contributed by atoms with E-state index in [1.165, 1.54) is 6.42 Å². The lowest BCUT2D eigenvalue weighted by Crippen LogP contribution is -2.50. The first-order valence-corrected chi connectivity index (χ1v) is 10.8. The Hall–Kier alpha value is -1.98. The lowest BCUT2D eigenvalue weighted by atomic mass is 10.1. The summed E-state index contributed by atoms with van der Waals surface area (Å²) in [6, 6.07) is 9.07. The van der Waals surface area contributed by atoms with E-state index in [2.05, 4.69) is 6.92 Å². The maximum absolute atomic E-state index is 12.7. The number of hydrogen-bond donors (Lipinski definition) is 0. The molecule has 2 unspecified atom stereocenters. The van der Waals surface area contributed by atoms with Crippen LogP contribution in [0.25, 0.3) is 0 Å². The number of nitrogens with zero attached hydrogens (tertiary/aromatic N) is 2. The minimum Gasteiger partial charge on any atom is -0.466 e. The van der Waals surface area contributed by atoms with Gasteiger partial charge in [-0.2, -0.15) is 0 Å². The zero-order valence-corrected chi connectivity index (χ0v) is 17.9. The van der Waals surface area contributed by atoms with Crippen LogP contribution in [0.4, 0.5) is 0 Å². The zero-order valence-electron chi connectivity index (χ0n) is 16.4. The van der Waals surface area contributed by atoms with Crippen LogP contribution in [0.3, 0.4) is 0 Å². The molecule has 1 saturated heterocycles. The molecular formula is C22H24Cl2N2O3. The van der Waals surface area contributed by atoms with Crippen molar-refractivity contribution in [2.75, 3.05) is 26.2 Å². The van der Waals surface area contributed by atoms with Crippen molar-refractivity contribution >= 4 is 35.0 Å². The monoisotopic (exact) mass is 434 g/mol. The molecule has 2 atom stereocenters. The van der Waals surface area contributed by atoms with E-state index < -0.39 is 0 Å². The molecule has 0 radical (unpaired) electrons. The van der Waals surface area contributed by atoms with Crippen LogP contribution < -0.4 is 0 Å². The molecule has 2 aromatic rings. The van der Waals surface area contributed by atoms with Crippen molar-refractivity contribution < 1.29 is 14.0 Å². The summed E-state index contributed by atoms with van der Waals surface area (Å²) in [6.45, 7) is 4.23. The Morgan fingerprint density at radius 3 is 2.45 bits per heavy atom. The molecule has 0 bridgehead atoms. The molecule has 4 rings (SSSR count). The molecule has 154 valence electrons. The number of halogens is 2. The van der Waals surface area contributed by atoms with Crippen molar-refractivity contribution in [2.45, 2.75) is 32.1 Å². The summed E-state index contributed by atoms with van der Waals surface area (Å²) in [5.41, 5.74) is 0.401. The fourth-order valence-electron chi connectivity index (χ4n) is 3.83. The molecule has 2 heterocycles. The van der Waals surface area contributed by atoms with Gasteiger partial charge in [0.2, 0.25) is 5.91 Å². The minimum atomic E-state index is -0.151. The summed E-state index contributed by atoms with van der Waals surface area (Å²) in [4.78, 5) is 28.8. The van der Waals surface area contributed by atoms with E-state index in [0.717, 1.165) is 11.5 Å². The molecule has 5 nitrogen and oxygen atoms in total. The molecule has 2 fully saturated rings. The van der Waals surface area contributed by atoms with Crippen LogP contribution in [0.1, 0.15) is 47.6 Å². The van der Waals surface area contributed by atoms with E-state index >= 15 is 0 Å². The molecule has 2 aliphatic rings. The van der Waals surface area contributed by atoms with Crippen LogP contribution in [-0.2, 0) is 11.2 Å². The largest absolute Gasteiger partial charge is 0.466 e. The number of carbonyl (C=O) groups excluding carboxylic acids is 2. The van der Waals surface area contributed by atoms with Gasteiger partial charge in [0.25, 0.3) is 5.91 Å². The third-order valence-corrected chi connectivity index (χ3v) is 6.66. The standard InChI is InChI=1S/C22H24Cl2N2O3/c1-14-13-17(14)19-7-5-15(29-19)6-8-20(27)25-9-11-26(12-10-25)22(28)16-3-2-4-18(23)21(16)24/h2-5,7,14,17H,6,8-13H2,1H3. The first-order valence-electron chi connectivity index (χ1n) is 10.0. The van der Waals surface area contributed by atoms with Gasteiger partial charge in [0.05, 0.1) is 15.6 Å². The molecule has 7 heteroatoms. The van der Waals surface area contributed by atoms with E-state index in [1.807, 2.05) is 17.0 Å². The van der Waals surface area contributed by atoms with Crippen LogP contribution in [0.2, 0.25) is 10.0 Å². The third kappa shape index (κ3) is 4.46. The lowest BCUT2D eigenvalue weighted by molar-refractivity contribution is -0.132. The molecule has 29 heavy (non-hydrogen) atoms. The summed E-state index contributed by atoms with van der Waals surface area (Å²) in [7, 11) is 0. The predicted octanol–water partition coefficient (Wildman–Crippen LogP) is 4.63. The van der Waals surface area contributed by atoms with Crippen molar-refractivity contribution in [3.05, 3.63) is 57.5 Å². The van der Waals surface area contributed by atoms with Gasteiger partial charge in [-0.3, -0.25) is 9.59 Å². The van der Waals surface area contributed by atoms with Gasteiger partial charge < -0.3 is 14.2 Å². The van der Waals surface area contributed by atoms with Gasteiger partial charge in [-0.05, 0) is 36.6 Å². The smallest absolute Gasteiger partial charge is 0.255 e. The lowest BCUT2D eigenvalue weighted by Gasteiger charge is -2.35. The van der Waals surface area contributed by atoms with Crippen LogP contribution in [0, 0.1) is 5.92 Å². The molecule has 1 aromatic carbocycles. The summed E-state index contributed by atoms with van der Waals surface area (Å²) in [6.07, 6.45) is 2.22. The number of hydrogen-bond acceptors (Lipinski definition) is 3. The first-order chi connectivity index (χ1) is 13.9. The summed E-state index contributed by atoms with van der Waals surface area (Å²) in [5.74, 6) is 3.12. The van der Waals surface area contributed by atoms with Gasteiger partial charge >= 0.3 is 0 Å². The molecule has 2 amide bonds. The fraction of sp³-hybridized carbons (Fsp3) is 0.455. The quantitative estimate of drug-likeness (QED) is 0.689. The molecule has 1 aliphatic carbocycles. The van der Waals surface area contributed by atoms with Gasteiger partial charge in [-0.1, -0.05) is 36.2 Å². The normalized spacial score (nSPS) is 21.3. The zero-order chi connectivity index (χ0) is 20.5. The van der Waals surface area contributed by atoms with Crippen LogP contribution in [-0.4, -0.2) is 47.8 Å². The number of benzene rings is 1. The van der Waals surface area contributed by atoms with E-state index in [-0.39, 0.29) is 16.8 Å². The van der Waals surface area contributed by atoms with Crippen molar-refractivity contribution in [1.29, 1.82) is 0 Å². The molecule has 1 aromatic heterocycles. The van der Waals surface area contributed by atoms with Gasteiger partial charge in [0.1, 0.15) is 11.5 Å². The van der Waals surface area contributed by atoms with E-state index in [9.17, 15) is 9.59 Å². The maximum Gasteiger partial charge on any atom is 0.255 e. The Morgan fingerprint density at radius 1 is 1.07 bits per heavy atom. The highest BCUT2D eigenvalue weighted by molar-refractivity contribution is 6.43. The van der Waals surface area contributed by atoms with Crippen molar-refractivity contribution in [1.82, 2.24) is 9.80 Å². The average molecular weight is 435 g/mol. The van der Waals surface area contributed by atoms with Crippen molar-refractivity contribution in [2.24, 2.45) is 5.92 Å². The number of aryl methyl sites for hydroxylation is 1. The van der Waals surface area contributed by atoms with Gasteiger partial charge in [-0.25, -0.2) is 0 Å². The van der Waals surface area contributed by atoms with E-state index in [0.29, 0.717) is 61.4 Å². The SMILES string of the molecule is CC1CC1c1ccc(CCC(=O)N2CCN(C(=O)c3cccc(Cl)c3Cl)CC2)o1. The number of carbonyl (C=O) groups is 2. The highest BCUT2D eigenvalue weighted by Crippen LogP contribution is 2.47. The molecule has 0 N–H and O–H groups in total. The van der Waals surface area contributed by atoms with Crippen molar-refractivity contribution in [3.8, 4) is 0 Å². The van der Waals surface area contributed by atoms with E-state index in [1.54, 1.807) is 23.1 Å². The predicted molar refractivity (Wildman–Crippen MR) is 112 cm³/mol. The molecule has 0 spiro atoms. The topological polar surface area (TPSA) is 53.8 Å². The number of furan rings is 1. The highest BCUT2D eigenvalue weighted by Gasteiger charge is 2.36. The van der Waals surface area contributed by atoms with Gasteiger partial charge in [-0.15, -0.1) is 0 Å². The summed E-state index contributed by atoms with van der Waals surface area (Å²) in [5, 5.41) is 0.639. The Kier molecular flexibility index (Phi) is 5.88. The van der Waals surface area contributed by atoms with Gasteiger partial charge in [0, 0.05) is 44.9 Å². The highest BCUT2D eigenvalue weighted by atomic mass is 35.5. The van der Waals surface area contributed by atoms with Crippen LogP contribution in [0.5, 0.6) is 0 Å². The second kappa shape index (κ2) is 8.41. The Balaban J connectivity index is 1.26. The number of amides is 2. The fourth-order valence-corrected chi connectivity index (χ4v) is 4.21. The second-order valence-electron chi connectivity index (χ2n) is 7.90. The molecule has 1 aliphatic heterocycles. The number of rotatable bonds is 5. The second-order valence-corrected chi connectivity index (χ2v) is 8.68. The van der Waals surface area contributed by atoms with Crippen LogP contribution in [0.15, 0.2) is 34.7 Å². The summed E-state index contributed by atoms with van der Waals surface area (Å²) >= 11 is 12.2. The average Bonchev–Trinajstić information content (AvgIpc) is 3.27. The first kappa shape index (κ1) is 20.3. The van der Waals surface area contributed by atoms with Crippen LogP contribution >= 0.6 is 23.2 Å². The van der Waals surface area contributed by atoms with E-state index in [4.69, 9.17) is 27.6 Å². The third-order valence-electron chi connectivity index (χ3n) is 5.84.